The number of nitrogens with zero attached hydrogens (tertiary/aromatic N) is 1. The first-order chi connectivity index (χ1) is 15.9. The summed E-state index contributed by atoms with van der Waals surface area (Å²) >= 11 is 0. The van der Waals surface area contributed by atoms with E-state index in [1.54, 1.807) is 0 Å². The Hall–Kier alpha value is -2.82. The Labute approximate surface area is 191 Å². The summed E-state index contributed by atoms with van der Waals surface area (Å²) in [5, 5.41) is 3.51. The van der Waals surface area contributed by atoms with E-state index in [-0.39, 0.29) is 0 Å². The van der Waals surface area contributed by atoms with Crippen LogP contribution in [0.2, 0.25) is 0 Å². The van der Waals surface area contributed by atoms with Crippen LogP contribution in [0.4, 0.5) is 0 Å². The van der Waals surface area contributed by atoms with Gasteiger partial charge in [0.2, 0.25) is 0 Å². The molecule has 1 aliphatic carbocycles. The molecule has 166 valence electrons. The topological polar surface area (TPSA) is 33.7 Å². The lowest BCUT2D eigenvalue weighted by Crippen LogP contribution is -2.46. The number of hydrogen-bond acceptors (Lipinski definition) is 4. The smallest absolute Gasteiger partial charge is 0.170 e. The molecule has 3 aromatic rings. The zero-order valence-electron chi connectivity index (χ0n) is 18.6. The molecule has 0 aromatic heterocycles. The SMILES string of the molecule is c1ccc(Oc2ccc([C@@H](C3CCCC3)N3CCNCC3)cc2Oc2ccccc2)cc1. The summed E-state index contributed by atoms with van der Waals surface area (Å²) in [6.45, 7) is 4.31. The molecule has 3 aromatic carbocycles. The fourth-order valence-electron chi connectivity index (χ4n) is 5.12. The van der Waals surface area contributed by atoms with E-state index in [1.165, 1.54) is 31.2 Å². The lowest BCUT2D eigenvalue weighted by molar-refractivity contribution is 0.125. The van der Waals surface area contributed by atoms with Gasteiger partial charge in [-0.25, -0.2) is 0 Å². The lowest BCUT2D eigenvalue weighted by Gasteiger charge is -2.39. The van der Waals surface area contributed by atoms with Gasteiger partial charge in [0.1, 0.15) is 11.5 Å². The van der Waals surface area contributed by atoms with Crippen LogP contribution in [0, 0.1) is 5.92 Å². The maximum absolute atomic E-state index is 6.37. The van der Waals surface area contributed by atoms with Gasteiger partial charge in [-0.3, -0.25) is 4.90 Å². The summed E-state index contributed by atoms with van der Waals surface area (Å²) < 4.78 is 12.6. The Balaban J connectivity index is 1.50. The minimum Gasteiger partial charge on any atom is -0.453 e. The Morgan fingerprint density at radius 3 is 1.94 bits per heavy atom. The Bertz CT molecular complexity index is 981. The van der Waals surface area contributed by atoms with Crippen LogP contribution in [0.5, 0.6) is 23.0 Å². The van der Waals surface area contributed by atoms with E-state index in [0.29, 0.717) is 12.0 Å². The van der Waals surface area contributed by atoms with Gasteiger partial charge in [0.25, 0.3) is 0 Å². The fourth-order valence-corrected chi connectivity index (χ4v) is 5.12. The number of nitrogens with one attached hydrogen (secondary N) is 1. The predicted octanol–water partition coefficient (Wildman–Crippen LogP) is 6.41. The normalized spacial score (nSPS) is 18.4. The van der Waals surface area contributed by atoms with Gasteiger partial charge in [0.05, 0.1) is 0 Å². The van der Waals surface area contributed by atoms with Crippen LogP contribution in [-0.4, -0.2) is 31.1 Å². The van der Waals surface area contributed by atoms with Gasteiger partial charge in [-0.15, -0.1) is 0 Å². The van der Waals surface area contributed by atoms with E-state index < -0.39 is 0 Å². The third-order valence-electron chi connectivity index (χ3n) is 6.64. The van der Waals surface area contributed by atoms with Crippen molar-refractivity contribution in [1.29, 1.82) is 0 Å². The van der Waals surface area contributed by atoms with Crippen molar-refractivity contribution in [2.45, 2.75) is 31.7 Å². The molecule has 1 saturated carbocycles. The highest BCUT2D eigenvalue weighted by atomic mass is 16.5. The van der Waals surface area contributed by atoms with Crippen LogP contribution in [-0.2, 0) is 0 Å². The molecule has 5 rings (SSSR count). The van der Waals surface area contributed by atoms with E-state index in [0.717, 1.165) is 49.2 Å². The van der Waals surface area contributed by atoms with Crippen LogP contribution < -0.4 is 14.8 Å². The Morgan fingerprint density at radius 2 is 1.31 bits per heavy atom. The lowest BCUT2D eigenvalue weighted by atomic mass is 9.89. The highest BCUT2D eigenvalue weighted by Gasteiger charge is 2.32. The molecule has 0 unspecified atom stereocenters. The van der Waals surface area contributed by atoms with Crippen molar-refractivity contribution in [1.82, 2.24) is 10.2 Å². The number of ether oxygens (including phenoxy) is 2. The Morgan fingerprint density at radius 1 is 0.719 bits per heavy atom. The molecular weight excluding hydrogens is 396 g/mol. The second kappa shape index (κ2) is 10.2. The number of para-hydroxylation sites is 2. The molecule has 2 fully saturated rings. The zero-order valence-corrected chi connectivity index (χ0v) is 18.6. The van der Waals surface area contributed by atoms with Crippen LogP contribution in [0.1, 0.15) is 37.3 Å². The highest BCUT2D eigenvalue weighted by molar-refractivity contribution is 5.48. The second-order valence-electron chi connectivity index (χ2n) is 8.81. The monoisotopic (exact) mass is 428 g/mol. The quantitative estimate of drug-likeness (QED) is 0.472. The highest BCUT2D eigenvalue weighted by Crippen LogP contribution is 2.43. The first kappa shape index (κ1) is 21.0. The van der Waals surface area contributed by atoms with Crippen molar-refractivity contribution in [3.63, 3.8) is 0 Å². The average molecular weight is 429 g/mol. The maximum atomic E-state index is 6.37. The summed E-state index contributed by atoms with van der Waals surface area (Å²) in [5.74, 6) is 3.86. The summed E-state index contributed by atoms with van der Waals surface area (Å²) in [6.07, 6.45) is 5.31. The largest absolute Gasteiger partial charge is 0.453 e. The summed E-state index contributed by atoms with van der Waals surface area (Å²) in [6, 6.07) is 26.9. The second-order valence-corrected chi connectivity index (χ2v) is 8.81. The van der Waals surface area contributed by atoms with E-state index in [2.05, 4.69) is 28.4 Å². The van der Waals surface area contributed by atoms with Crippen molar-refractivity contribution in [3.8, 4) is 23.0 Å². The van der Waals surface area contributed by atoms with Crippen molar-refractivity contribution < 1.29 is 9.47 Å². The molecule has 1 saturated heterocycles. The molecule has 4 nitrogen and oxygen atoms in total. The zero-order chi connectivity index (χ0) is 21.6. The molecule has 1 N–H and O–H groups in total. The first-order valence-electron chi connectivity index (χ1n) is 11.9. The molecular formula is C28H32N2O2. The van der Waals surface area contributed by atoms with E-state index in [4.69, 9.17) is 9.47 Å². The molecule has 2 aliphatic rings. The molecule has 0 radical (unpaired) electrons. The third-order valence-corrected chi connectivity index (χ3v) is 6.64. The molecule has 1 atom stereocenters. The van der Waals surface area contributed by atoms with Crippen molar-refractivity contribution in [2.75, 3.05) is 26.2 Å². The number of benzene rings is 3. The summed E-state index contributed by atoms with van der Waals surface area (Å²) in [7, 11) is 0. The van der Waals surface area contributed by atoms with Crippen molar-refractivity contribution in [2.24, 2.45) is 5.92 Å². The minimum atomic E-state index is 0.434. The number of hydrogen-bond donors (Lipinski definition) is 1. The van der Waals surface area contributed by atoms with Crippen LogP contribution in [0.15, 0.2) is 78.9 Å². The van der Waals surface area contributed by atoms with E-state index in [1.807, 2.05) is 60.7 Å². The molecule has 0 bridgehead atoms. The minimum absolute atomic E-state index is 0.434. The van der Waals surface area contributed by atoms with Gasteiger partial charge in [0, 0.05) is 32.2 Å². The molecule has 1 heterocycles. The van der Waals surface area contributed by atoms with E-state index in [9.17, 15) is 0 Å². The molecule has 1 aliphatic heterocycles. The number of piperazine rings is 1. The van der Waals surface area contributed by atoms with Crippen molar-refractivity contribution in [3.05, 3.63) is 84.4 Å². The van der Waals surface area contributed by atoms with Crippen LogP contribution in [0.25, 0.3) is 0 Å². The summed E-state index contributed by atoms with van der Waals surface area (Å²) in [5.41, 5.74) is 1.34. The van der Waals surface area contributed by atoms with Gasteiger partial charge in [-0.05, 0) is 60.7 Å². The number of rotatable bonds is 7. The average Bonchev–Trinajstić information content (AvgIpc) is 3.37. The van der Waals surface area contributed by atoms with Gasteiger partial charge in [-0.1, -0.05) is 55.3 Å². The fraction of sp³-hybridized carbons (Fsp3) is 0.357. The molecule has 32 heavy (non-hydrogen) atoms. The van der Waals surface area contributed by atoms with Crippen LogP contribution >= 0.6 is 0 Å². The van der Waals surface area contributed by atoms with Gasteiger partial charge < -0.3 is 14.8 Å². The van der Waals surface area contributed by atoms with Crippen LogP contribution in [0.3, 0.4) is 0 Å². The van der Waals surface area contributed by atoms with E-state index >= 15 is 0 Å². The van der Waals surface area contributed by atoms with Gasteiger partial charge in [-0.2, -0.15) is 0 Å². The predicted molar refractivity (Wildman–Crippen MR) is 129 cm³/mol. The standard InChI is InChI=1S/C28H32N2O2/c1-3-11-24(12-4-1)31-26-16-15-23(21-27(26)32-25-13-5-2-6-14-25)28(22-9-7-8-10-22)30-19-17-29-18-20-30/h1-6,11-16,21-22,28-29H,7-10,17-20H2/t28-/m1/s1. The summed E-state index contributed by atoms with van der Waals surface area (Å²) in [4.78, 5) is 2.67. The first-order valence-corrected chi connectivity index (χ1v) is 11.9. The van der Waals surface area contributed by atoms with Gasteiger partial charge >= 0.3 is 0 Å². The Kier molecular flexibility index (Phi) is 6.71. The maximum Gasteiger partial charge on any atom is 0.170 e. The molecule has 0 amide bonds. The van der Waals surface area contributed by atoms with Gasteiger partial charge in [0.15, 0.2) is 11.5 Å². The molecule has 0 spiro atoms. The van der Waals surface area contributed by atoms with Crippen molar-refractivity contribution >= 4 is 0 Å². The molecule has 4 heteroatoms. The third kappa shape index (κ3) is 4.98.